The van der Waals surface area contributed by atoms with Crippen LogP contribution in [0.15, 0.2) is 60.7 Å². The topological polar surface area (TPSA) is 41.1 Å². The summed E-state index contributed by atoms with van der Waals surface area (Å²) >= 11 is 0. The Balaban J connectivity index is 1.92. The van der Waals surface area contributed by atoms with Gasteiger partial charge in [0, 0.05) is 24.5 Å². The maximum Gasteiger partial charge on any atom is 0.138 e. The van der Waals surface area contributed by atoms with Gasteiger partial charge in [-0.25, -0.2) is 9.97 Å². The molecule has 0 unspecified atom stereocenters. The molecule has 3 rings (SSSR count). The second-order valence-electron chi connectivity index (χ2n) is 5.49. The minimum Gasteiger partial charge on any atom is -0.340 e. The van der Waals surface area contributed by atoms with E-state index >= 15 is 0 Å². The molecule has 0 spiro atoms. The van der Waals surface area contributed by atoms with E-state index in [-0.39, 0.29) is 0 Å². The van der Waals surface area contributed by atoms with Gasteiger partial charge in [0.05, 0.1) is 0 Å². The average Bonchev–Trinajstić information content (AvgIpc) is 2.56. The van der Waals surface area contributed by atoms with Crippen molar-refractivity contribution in [3.05, 3.63) is 72.1 Å². The summed E-state index contributed by atoms with van der Waals surface area (Å²) in [6, 6.07) is 20.3. The van der Waals surface area contributed by atoms with Gasteiger partial charge in [-0.3, -0.25) is 0 Å². The fourth-order valence-corrected chi connectivity index (χ4v) is 2.42. The molecule has 4 heteroatoms. The maximum absolute atomic E-state index is 4.55. The van der Waals surface area contributed by atoms with Crippen molar-refractivity contribution in [3.63, 3.8) is 0 Å². The maximum atomic E-state index is 4.55. The smallest absolute Gasteiger partial charge is 0.138 e. The van der Waals surface area contributed by atoms with E-state index in [0.29, 0.717) is 0 Å². The highest BCUT2D eigenvalue weighted by atomic mass is 15.2. The predicted molar refractivity (Wildman–Crippen MR) is 95.7 cm³/mol. The Morgan fingerprint density at radius 2 is 1.57 bits per heavy atom. The van der Waals surface area contributed by atoms with Gasteiger partial charge >= 0.3 is 0 Å². The summed E-state index contributed by atoms with van der Waals surface area (Å²) < 4.78 is 0. The molecule has 4 nitrogen and oxygen atoms in total. The summed E-state index contributed by atoms with van der Waals surface area (Å²) in [6.07, 6.45) is 0. The normalized spacial score (nSPS) is 10.4. The second kappa shape index (κ2) is 6.48. The van der Waals surface area contributed by atoms with Crippen LogP contribution < -0.4 is 10.2 Å². The van der Waals surface area contributed by atoms with Crippen LogP contribution in [0.4, 0.5) is 23.0 Å². The van der Waals surface area contributed by atoms with E-state index in [1.54, 1.807) is 0 Å². The van der Waals surface area contributed by atoms with E-state index in [1.807, 2.05) is 56.4 Å². The highest BCUT2D eigenvalue weighted by Gasteiger charge is 2.09. The Bertz CT molecular complexity index is 799. The van der Waals surface area contributed by atoms with Crippen molar-refractivity contribution < 1.29 is 0 Å². The summed E-state index contributed by atoms with van der Waals surface area (Å²) in [5.74, 6) is 2.39. The van der Waals surface area contributed by atoms with Crippen LogP contribution in [-0.4, -0.2) is 17.0 Å². The van der Waals surface area contributed by atoms with Crippen LogP contribution in [0.25, 0.3) is 0 Å². The van der Waals surface area contributed by atoms with Crippen LogP contribution in [0.1, 0.15) is 11.4 Å². The molecule has 0 saturated carbocycles. The Kier molecular flexibility index (Phi) is 4.24. The summed E-state index contributed by atoms with van der Waals surface area (Å²) in [4.78, 5) is 11.1. The van der Waals surface area contributed by atoms with Crippen LogP contribution >= 0.6 is 0 Å². The zero-order chi connectivity index (χ0) is 16.2. The monoisotopic (exact) mass is 304 g/mol. The molecular formula is C19H20N4. The largest absolute Gasteiger partial charge is 0.340 e. The molecule has 0 fully saturated rings. The van der Waals surface area contributed by atoms with Gasteiger partial charge in [-0.2, -0.15) is 0 Å². The Hall–Kier alpha value is -2.88. The highest BCUT2D eigenvalue weighted by Crippen LogP contribution is 2.25. The fourth-order valence-electron chi connectivity index (χ4n) is 2.42. The molecule has 0 amide bonds. The molecule has 0 atom stereocenters. The summed E-state index contributed by atoms with van der Waals surface area (Å²) in [7, 11) is 2.01. The average molecular weight is 304 g/mol. The van der Waals surface area contributed by atoms with Gasteiger partial charge in [-0.05, 0) is 37.6 Å². The minimum atomic E-state index is 0.737. The molecule has 0 aliphatic carbocycles. The predicted octanol–water partition coefficient (Wildman–Crippen LogP) is 4.60. The quantitative estimate of drug-likeness (QED) is 0.764. The third-order valence-corrected chi connectivity index (χ3v) is 3.72. The van der Waals surface area contributed by atoms with Gasteiger partial charge < -0.3 is 10.2 Å². The molecule has 2 aromatic carbocycles. The highest BCUT2D eigenvalue weighted by molar-refractivity contribution is 5.66. The van der Waals surface area contributed by atoms with Crippen LogP contribution in [0.2, 0.25) is 0 Å². The molecule has 0 aliphatic heterocycles. The lowest BCUT2D eigenvalue weighted by Crippen LogP contribution is -2.13. The first-order valence-corrected chi connectivity index (χ1v) is 7.60. The molecule has 1 aromatic heterocycles. The first-order chi connectivity index (χ1) is 11.1. The van der Waals surface area contributed by atoms with Crippen molar-refractivity contribution in [1.29, 1.82) is 0 Å². The number of benzene rings is 2. The number of anilines is 4. The molecule has 23 heavy (non-hydrogen) atoms. The van der Waals surface area contributed by atoms with Crippen molar-refractivity contribution >= 4 is 23.0 Å². The number of aromatic nitrogens is 2. The fraction of sp³-hybridized carbons (Fsp3) is 0.158. The van der Waals surface area contributed by atoms with Gasteiger partial charge in [0.25, 0.3) is 0 Å². The zero-order valence-corrected chi connectivity index (χ0v) is 13.6. The molecule has 1 heterocycles. The molecule has 0 aliphatic rings. The Labute approximate surface area is 136 Å². The molecular weight excluding hydrogens is 284 g/mol. The molecule has 3 aromatic rings. The summed E-state index contributed by atoms with van der Waals surface area (Å²) in [6.45, 7) is 3.98. The van der Waals surface area contributed by atoms with E-state index in [2.05, 4.69) is 45.3 Å². The van der Waals surface area contributed by atoms with Gasteiger partial charge in [0.2, 0.25) is 0 Å². The second-order valence-corrected chi connectivity index (χ2v) is 5.49. The van der Waals surface area contributed by atoms with Crippen LogP contribution in [0.5, 0.6) is 0 Å². The van der Waals surface area contributed by atoms with Crippen molar-refractivity contribution in [3.8, 4) is 0 Å². The van der Waals surface area contributed by atoms with Crippen molar-refractivity contribution in [2.45, 2.75) is 13.8 Å². The first-order valence-electron chi connectivity index (χ1n) is 7.60. The van der Waals surface area contributed by atoms with Crippen LogP contribution in [0.3, 0.4) is 0 Å². The van der Waals surface area contributed by atoms with E-state index in [1.165, 1.54) is 5.56 Å². The van der Waals surface area contributed by atoms with Crippen molar-refractivity contribution in [1.82, 2.24) is 9.97 Å². The van der Waals surface area contributed by atoms with Gasteiger partial charge in [0.15, 0.2) is 0 Å². The molecule has 116 valence electrons. The zero-order valence-electron chi connectivity index (χ0n) is 13.6. The van der Waals surface area contributed by atoms with Gasteiger partial charge in [-0.15, -0.1) is 0 Å². The van der Waals surface area contributed by atoms with Crippen LogP contribution in [-0.2, 0) is 0 Å². The molecule has 1 N–H and O–H groups in total. The van der Waals surface area contributed by atoms with E-state index in [0.717, 1.165) is 28.8 Å². The third-order valence-electron chi connectivity index (χ3n) is 3.72. The Morgan fingerprint density at radius 1 is 0.870 bits per heavy atom. The number of nitrogens with zero attached hydrogens (tertiary/aromatic N) is 3. The van der Waals surface area contributed by atoms with Gasteiger partial charge in [-0.1, -0.05) is 36.4 Å². The Morgan fingerprint density at radius 3 is 2.30 bits per heavy atom. The number of nitrogens with one attached hydrogen (secondary N) is 1. The number of hydrogen-bond donors (Lipinski definition) is 1. The van der Waals surface area contributed by atoms with Crippen molar-refractivity contribution in [2.75, 3.05) is 17.3 Å². The lowest BCUT2D eigenvalue weighted by Gasteiger charge is -2.19. The number of para-hydroxylation sites is 2. The van der Waals surface area contributed by atoms with E-state index in [9.17, 15) is 0 Å². The third kappa shape index (κ3) is 3.48. The van der Waals surface area contributed by atoms with E-state index in [4.69, 9.17) is 0 Å². The summed E-state index contributed by atoms with van der Waals surface area (Å²) in [5.41, 5.74) is 3.33. The molecule has 0 saturated heterocycles. The number of rotatable bonds is 4. The minimum absolute atomic E-state index is 0.737. The SMILES string of the molecule is Cc1nc(Nc2ccccc2C)cc(N(C)c2ccccc2)n1. The van der Waals surface area contributed by atoms with Crippen molar-refractivity contribution in [2.24, 2.45) is 0 Å². The van der Waals surface area contributed by atoms with Crippen LogP contribution in [0, 0.1) is 13.8 Å². The number of aryl methyl sites for hydroxylation is 2. The van der Waals surface area contributed by atoms with E-state index < -0.39 is 0 Å². The lowest BCUT2D eigenvalue weighted by molar-refractivity contribution is 1.02. The number of hydrogen-bond acceptors (Lipinski definition) is 4. The molecule has 0 radical (unpaired) electrons. The summed E-state index contributed by atoms with van der Waals surface area (Å²) in [5, 5.41) is 3.38. The van der Waals surface area contributed by atoms with Gasteiger partial charge in [0.1, 0.15) is 17.5 Å². The first kappa shape index (κ1) is 15.0. The lowest BCUT2D eigenvalue weighted by atomic mass is 10.2. The molecule has 0 bridgehead atoms. The standard InChI is InChI=1S/C19H20N4/c1-14-9-7-8-12-17(14)22-18-13-19(21-15(2)20-18)23(3)16-10-5-4-6-11-16/h4-13H,1-3H3,(H,20,21,22).